The zero-order valence-electron chi connectivity index (χ0n) is 19.5. The van der Waals surface area contributed by atoms with E-state index in [2.05, 4.69) is 10.6 Å². The molecule has 2 aliphatic rings. The maximum Gasteiger partial charge on any atom is 0.339 e. The number of rotatable bonds is 8. The molecule has 0 spiro atoms. The van der Waals surface area contributed by atoms with E-state index in [4.69, 9.17) is 14.2 Å². The summed E-state index contributed by atoms with van der Waals surface area (Å²) in [4.78, 5) is 38.0. The highest BCUT2D eigenvalue weighted by atomic mass is 32.2. The van der Waals surface area contributed by atoms with Gasteiger partial charge in [0.15, 0.2) is 18.1 Å². The zero-order chi connectivity index (χ0) is 24.5. The van der Waals surface area contributed by atoms with Crippen LogP contribution in [-0.2, 0) is 14.3 Å². The molecule has 4 rings (SSSR count). The van der Waals surface area contributed by atoms with Gasteiger partial charge in [0.25, 0.3) is 5.91 Å². The van der Waals surface area contributed by atoms with E-state index in [9.17, 15) is 14.4 Å². The summed E-state index contributed by atoms with van der Waals surface area (Å²) in [5.41, 5.74) is 0.926. The fraction of sp³-hybridized carbons (Fsp3) is 0.423. The van der Waals surface area contributed by atoms with Gasteiger partial charge in [0.05, 0.1) is 11.3 Å². The van der Waals surface area contributed by atoms with Gasteiger partial charge in [0.2, 0.25) is 12.7 Å². The molecular formula is C26H30N2O6S. The van der Waals surface area contributed by atoms with Crippen LogP contribution in [0, 0.1) is 0 Å². The Morgan fingerprint density at radius 1 is 0.914 bits per heavy atom. The monoisotopic (exact) mass is 498 g/mol. The zero-order valence-corrected chi connectivity index (χ0v) is 20.4. The van der Waals surface area contributed by atoms with Gasteiger partial charge in [-0.1, -0.05) is 44.2 Å². The Labute approximate surface area is 209 Å². The highest BCUT2D eigenvalue weighted by Crippen LogP contribution is 2.34. The number of thioether (sulfide) groups is 1. The lowest BCUT2D eigenvalue weighted by Gasteiger charge is -2.21. The molecular weight excluding hydrogens is 468 g/mol. The van der Waals surface area contributed by atoms with Crippen molar-refractivity contribution in [3.8, 4) is 11.5 Å². The molecule has 8 nitrogen and oxygen atoms in total. The molecule has 0 atom stereocenters. The molecule has 2 N–H and O–H groups in total. The summed E-state index contributed by atoms with van der Waals surface area (Å²) in [6.45, 7) is -0.156. The Morgan fingerprint density at radius 3 is 2.49 bits per heavy atom. The Kier molecular flexibility index (Phi) is 8.89. The van der Waals surface area contributed by atoms with Gasteiger partial charge in [0, 0.05) is 22.7 Å². The van der Waals surface area contributed by atoms with E-state index in [1.54, 1.807) is 42.5 Å². The number of carbonyl (C=O) groups is 3. The second-order valence-corrected chi connectivity index (χ2v) is 9.60. The maximum absolute atomic E-state index is 12.7. The van der Waals surface area contributed by atoms with E-state index < -0.39 is 5.97 Å². The number of hydrogen-bond donors (Lipinski definition) is 2. The predicted molar refractivity (Wildman–Crippen MR) is 133 cm³/mol. The van der Waals surface area contributed by atoms with Gasteiger partial charge in [-0.3, -0.25) is 9.59 Å². The van der Waals surface area contributed by atoms with Crippen LogP contribution in [0.4, 0.5) is 5.69 Å². The van der Waals surface area contributed by atoms with E-state index in [1.165, 1.54) is 31.0 Å². The second-order valence-electron chi connectivity index (χ2n) is 8.59. The number of nitrogens with one attached hydrogen (secondary N) is 2. The lowest BCUT2D eigenvalue weighted by molar-refractivity contribution is -0.125. The highest BCUT2D eigenvalue weighted by molar-refractivity contribution is 8.00. The Balaban J connectivity index is 1.25. The minimum absolute atomic E-state index is 0.0981. The van der Waals surface area contributed by atoms with Crippen molar-refractivity contribution in [3.63, 3.8) is 0 Å². The van der Waals surface area contributed by atoms with Crippen molar-refractivity contribution in [1.29, 1.82) is 0 Å². The molecule has 0 radical (unpaired) electrons. The average molecular weight is 499 g/mol. The van der Waals surface area contributed by atoms with E-state index in [0.717, 1.165) is 25.7 Å². The first-order valence-corrected chi connectivity index (χ1v) is 12.9. The van der Waals surface area contributed by atoms with Gasteiger partial charge >= 0.3 is 5.97 Å². The number of hydrogen-bond acceptors (Lipinski definition) is 7. The summed E-state index contributed by atoms with van der Waals surface area (Å²) in [6, 6.07) is 12.2. The van der Waals surface area contributed by atoms with Crippen LogP contribution in [0.5, 0.6) is 11.5 Å². The van der Waals surface area contributed by atoms with E-state index in [0.29, 0.717) is 27.6 Å². The molecule has 1 heterocycles. The average Bonchev–Trinajstić information content (AvgIpc) is 3.31. The van der Waals surface area contributed by atoms with Crippen molar-refractivity contribution < 1.29 is 28.6 Å². The summed E-state index contributed by atoms with van der Waals surface area (Å²) < 4.78 is 15.9. The fourth-order valence-corrected chi connectivity index (χ4v) is 4.99. The van der Waals surface area contributed by atoms with Crippen LogP contribution in [0.2, 0.25) is 0 Å². The van der Waals surface area contributed by atoms with Crippen molar-refractivity contribution in [3.05, 3.63) is 48.0 Å². The number of ether oxygens (including phenoxy) is 3. The van der Waals surface area contributed by atoms with Gasteiger partial charge in [0.1, 0.15) is 0 Å². The van der Waals surface area contributed by atoms with Crippen molar-refractivity contribution in [1.82, 2.24) is 5.32 Å². The number of amides is 2. The lowest BCUT2D eigenvalue weighted by atomic mass is 9.97. The summed E-state index contributed by atoms with van der Waals surface area (Å²) in [7, 11) is 0. The van der Waals surface area contributed by atoms with Crippen LogP contribution in [-0.4, -0.2) is 43.0 Å². The minimum Gasteiger partial charge on any atom is -0.454 e. The molecule has 0 bridgehead atoms. The second kappa shape index (κ2) is 12.5. The van der Waals surface area contributed by atoms with Gasteiger partial charge in [-0.25, -0.2) is 4.79 Å². The molecule has 1 fully saturated rings. The van der Waals surface area contributed by atoms with Crippen LogP contribution in [0.25, 0.3) is 0 Å². The molecule has 35 heavy (non-hydrogen) atoms. The fourth-order valence-electron chi connectivity index (χ4n) is 4.15. The molecule has 2 aromatic rings. The van der Waals surface area contributed by atoms with Gasteiger partial charge in [-0.2, -0.15) is 0 Å². The van der Waals surface area contributed by atoms with Gasteiger partial charge in [-0.15, -0.1) is 11.8 Å². The van der Waals surface area contributed by atoms with Crippen molar-refractivity contribution >= 4 is 35.2 Å². The van der Waals surface area contributed by atoms with Crippen molar-refractivity contribution in [2.75, 3.05) is 24.5 Å². The van der Waals surface area contributed by atoms with Gasteiger partial charge < -0.3 is 24.8 Å². The predicted octanol–water partition coefficient (Wildman–Crippen LogP) is 4.53. The third-order valence-electron chi connectivity index (χ3n) is 5.93. The number of benzene rings is 2. The summed E-state index contributed by atoms with van der Waals surface area (Å²) in [5.74, 6) is 0.233. The largest absolute Gasteiger partial charge is 0.454 e. The first kappa shape index (κ1) is 24.9. The molecule has 0 saturated heterocycles. The summed E-state index contributed by atoms with van der Waals surface area (Å²) in [5, 5.41) is 5.81. The molecule has 2 aromatic carbocycles. The van der Waals surface area contributed by atoms with Crippen LogP contribution in [0.1, 0.15) is 55.3 Å². The minimum atomic E-state index is -0.586. The Morgan fingerprint density at radius 2 is 1.66 bits per heavy atom. The van der Waals surface area contributed by atoms with Crippen LogP contribution in [0.3, 0.4) is 0 Å². The van der Waals surface area contributed by atoms with Gasteiger partial charge in [-0.05, 0) is 37.1 Å². The van der Waals surface area contributed by atoms with E-state index in [1.807, 2.05) is 0 Å². The van der Waals surface area contributed by atoms with E-state index >= 15 is 0 Å². The number of carbonyl (C=O) groups excluding carboxylic acids is 3. The SMILES string of the molecule is O=C(CSc1ccccc1C(=O)OCC(=O)NC1CCCCCCC1)Nc1ccc2c(c1)OCO2. The maximum atomic E-state index is 12.7. The first-order valence-electron chi connectivity index (χ1n) is 12.0. The molecule has 0 aromatic heterocycles. The topological polar surface area (TPSA) is 103 Å². The van der Waals surface area contributed by atoms with Crippen LogP contribution in [0.15, 0.2) is 47.4 Å². The molecule has 1 aliphatic carbocycles. The number of fused-ring (bicyclic) bond motifs is 1. The molecule has 186 valence electrons. The third kappa shape index (κ3) is 7.39. The molecule has 1 aliphatic heterocycles. The van der Waals surface area contributed by atoms with E-state index in [-0.39, 0.29) is 37.0 Å². The first-order chi connectivity index (χ1) is 17.1. The van der Waals surface area contributed by atoms with Crippen LogP contribution < -0.4 is 20.1 Å². The summed E-state index contributed by atoms with van der Waals surface area (Å²) >= 11 is 1.23. The molecule has 0 unspecified atom stereocenters. The Bertz CT molecular complexity index is 1050. The molecule has 1 saturated carbocycles. The normalized spacial score (nSPS) is 15.5. The highest BCUT2D eigenvalue weighted by Gasteiger charge is 2.19. The standard InChI is InChI=1S/C26H30N2O6S/c29-24(27-18-8-4-2-1-3-5-9-18)15-32-26(31)20-10-6-7-11-23(20)35-16-25(30)28-19-12-13-21-22(14-19)34-17-33-21/h6-7,10-14,18H,1-5,8-9,15-17H2,(H,27,29)(H,28,30). The molecule has 2 amide bonds. The molecule has 9 heteroatoms. The summed E-state index contributed by atoms with van der Waals surface area (Å²) in [6.07, 6.45) is 7.81. The quantitative estimate of drug-likeness (QED) is 0.407. The Hall–Kier alpha value is -3.20. The third-order valence-corrected chi connectivity index (χ3v) is 7.00. The lowest BCUT2D eigenvalue weighted by Crippen LogP contribution is -2.38. The van der Waals surface area contributed by atoms with Crippen LogP contribution >= 0.6 is 11.8 Å². The van der Waals surface area contributed by atoms with Crippen molar-refractivity contribution in [2.45, 2.75) is 55.9 Å². The number of anilines is 1. The number of esters is 1. The smallest absolute Gasteiger partial charge is 0.339 e. The van der Waals surface area contributed by atoms with Crippen molar-refractivity contribution in [2.24, 2.45) is 0 Å².